The van der Waals surface area contributed by atoms with Crippen LogP contribution in [0, 0.1) is 29.1 Å². The fourth-order valence-electron chi connectivity index (χ4n) is 4.53. The first-order valence-electron chi connectivity index (χ1n) is 12.8. The Morgan fingerprint density at radius 1 is 0.976 bits per heavy atom. The first-order valence-corrected chi connectivity index (χ1v) is 12.8. The largest absolute Gasteiger partial charge is 0.479 e. The first kappa shape index (κ1) is 30.3. The van der Waals surface area contributed by atoms with Gasteiger partial charge in [-0.3, -0.25) is 9.69 Å². The summed E-state index contributed by atoms with van der Waals surface area (Å²) in [6.45, 7) is 2.06. The van der Waals surface area contributed by atoms with Crippen LogP contribution >= 0.6 is 0 Å². The zero-order valence-corrected chi connectivity index (χ0v) is 22.7. The van der Waals surface area contributed by atoms with Gasteiger partial charge in [-0.05, 0) is 31.0 Å². The van der Waals surface area contributed by atoms with Gasteiger partial charge in [-0.2, -0.15) is 0 Å². The van der Waals surface area contributed by atoms with Crippen molar-refractivity contribution < 1.29 is 46.2 Å². The van der Waals surface area contributed by atoms with E-state index in [1.54, 1.807) is 13.0 Å². The molecule has 0 radical (unpaired) electrons. The van der Waals surface area contributed by atoms with E-state index in [0.29, 0.717) is 17.7 Å². The van der Waals surface area contributed by atoms with Gasteiger partial charge in [-0.1, -0.05) is 13.0 Å². The number of urea groups is 1. The van der Waals surface area contributed by atoms with E-state index in [-0.39, 0.29) is 23.4 Å². The van der Waals surface area contributed by atoms with Crippen molar-refractivity contribution in [3.63, 3.8) is 0 Å². The molecule has 8 nitrogen and oxygen atoms in total. The predicted molar refractivity (Wildman–Crippen MR) is 140 cm³/mol. The average molecular weight is 592 g/mol. The third-order valence-corrected chi connectivity index (χ3v) is 7.03. The number of halogens is 5. The Balaban J connectivity index is 1.63. The van der Waals surface area contributed by atoms with Crippen molar-refractivity contribution in [3.8, 4) is 5.75 Å². The molecule has 0 spiro atoms. The average Bonchev–Trinajstić information content (AvgIpc) is 2.92. The number of nitrogens with one attached hydrogen (secondary N) is 1. The zero-order chi connectivity index (χ0) is 30.9. The number of fused-ring (bicyclic) bond motifs is 1. The lowest BCUT2D eigenvalue weighted by molar-refractivity contribution is -0.145. The number of carboxylic acids is 1. The summed E-state index contributed by atoms with van der Waals surface area (Å²) in [4.78, 5) is 39.8. The van der Waals surface area contributed by atoms with Gasteiger partial charge in [-0.25, -0.2) is 31.5 Å². The van der Waals surface area contributed by atoms with Gasteiger partial charge in [-0.15, -0.1) is 0 Å². The van der Waals surface area contributed by atoms with Gasteiger partial charge < -0.3 is 20.1 Å². The number of benzene rings is 3. The van der Waals surface area contributed by atoms with Crippen LogP contribution in [0.2, 0.25) is 0 Å². The van der Waals surface area contributed by atoms with Crippen LogP contribution in [0.15, 0.2) is 42.5 Å². The maximum atomic E-state index is 15.1. The van der Waals surface area contributed by atoms with Gasteiger partial charge >= 0.3 is 12.0 Å². The van der Waals surface area contributed by atoms with Gasteiger partial charge in [0, 0.05) is 54.5 Å². The molecule has 3 amide bonds. The molecule has 2 N–H and O–H groups in total. The number of carbonyl (C=O) groups is 3. The zero-order valence-electron chi connectivity index (χ0n) is 22.7. The monoisotopic (exact) mass is 591 g/mol. The van der Waals surface area contributed by atoms with Crippen molar-refractivity contribution in [3.05, 3.63) is 93.8 Å². The van der Waals surface area contributed by atoms with Crippen LogP contribution in [0.5, 0.6) is 5.75 Å². The number of carboxylic acid groups (broad SMARTS) is 1. The number of ether oxygens (including phenoxy) is 1. The lowest BCUT2D eigenvalue weighted by Crippen LogP contribution is -2.47. The Labute approximate surface area is 237 Å². The summed E-state index contributed by atoms with van der Waals surface area (Å²) in [6.07, 6.45) is -1.27. The molecule has 0 aromatic heterocycles. The molecule has 13 heteroatoms. The number of rotatable bonds is 9. The molecule has 1 heterocycles. The van der Waals surface area contributed by atoms with E-state index in [1.807, 2.05) is 0 Å². The lowest BCUT2D eigenvalue weighted by atomic mass is 9.98. The summed E-state index contributed by atoms with van der Waals surface area (Å²) in [5, 5.41) is 11.5. The van der Waals surface area contributed by atoms with Gasteiger partial charge in [0.2, 0.25) is 0 Å². The predicted octanol–water partition coefficient (Wildman–Crippen LogP) is 5.69. The molecule has 2 atom stereocenters. The fraction of sp³-hybridized carbons (Fsp3) is 0.276. The second kappa shape index (κ2) is 12.0. The van der Waals surface area contributed by atoms with Crippen molar-refractivity contribution >= 4 is 23.6 Å². The summed E-state index contributed by atoms with van der Waals surface area (Å²) < 4.78 is 76.6. The molecule has 0 aliphatic carbocycles. The summed E-state index contributed by atoms with van der Waals surface area (Å²) in [7, 11) is 1.50. The number of amides is 3. The van der Waals surface area contributed by atoms with Crippen molar-refractivity contribution in [2.45, 2.75) is 45.5 Å². The highest BCUT2D eigenvalue weighted by Crippen LogP contribution is 2.38. The molecule has 222 valence electrons. The standard InChI is InChI=1S/C29H26F5N3O5/c1-4-26(28(39)40)42-17-10-23(33)20(24(34)11-17)13-37-25-7-15(5-6-18(25)14(2)36(3)29(37)41)27(38)35-12-19-21(31)8-16(30)9-22(19)32/h5-11,14,26H,4,12-13H2,1-3H3,(H,35,38)(H,39,40)/t14?,26-/m0/s1. The highest BCUT2D eigenvalue weighted by Gasteiger charge is 2.35. The van der Waals surface area contributed by atoms with Gasteiger partial charge in [0.25, 0.3) is 5.91 Å². The van der Waals surface area contributed by atoms with Crippen molar-refractivity contribution in [1.29, 1.82) is 0 Å². The lowest BCUT2D eigenvalue weighted by Gasteiger charge is -2.39. The molecule has 3 aromatic rings. The SMILES string of the molecule is CC[C@H](Oc1cc(F)c(CN2C(=O)N(C)C(C)c3ccc(C(=O)NCc4c(F)cc(F)cc4F)cc32)c(F)c1)C(=O)O. The van der Waals surface area contributed by atoms with Crippen LogP contribution in [0.3, 0.4) is 0 Å². The fourth-order valence-corrected chi connectivity index (χ4v) is 4.53. The normalized spacial score (nSPS) is 15.3. The van der Waals surface area contributed by atoms with E-state index in [1.165, 1.54) is 31.0 Å². The van der Waals surface area contributed by atoms with Crippen molar-refractivity contribution in [2.75, 3.05) is 11.9 Å². The van der Waals surface area contributed by atoms with Gasteiger partial charge in [0.15, 0.2) is 6.10 Å². The molecule has 0 fully saturated rings. The number of hydrogen-bond donors (Lipinski definition) is 2. The van der Waals surface area contributed by atoms with Gasteiger partial charge in [0.05, 0.1) is 18.3 Å². The molecule has 4 rings (SSSR count). The topological polar surface area (TPSA) is 99.2 Å². The van der Waals surface area contributed by atoms with Crippen LogP contribution in [0.1, 0.15) is 53.4 Å². The van der Waals surface area contributed by atoms with Crippen molar-refractivity contribution in [2.24, 2.45) is 0 Å². The van der Waals surface area contributed by atoms with E-state index in [0.717, 1.165) is 17.0 Å². The van der Waals surface area contributed by atoms with Crippen molar-refractivity contribution in [1.82, 2.24) is 10.2 Å². The number of nitrogens with zero attached hydrogens (tertiary/aromatic N) is 2. The van der Waals surface area contributed by atoms with Gasteiger partial charge in [0.1, 0.15) is 34.8 Å². The molecule has 3 aromatic carbocycles. The molecule has 1 aliphatic rings. The minimum absolute atomic E-state index is 0.0183. The van der Waals surface area contributed by atoms with Crippen LogP contribution in [-0.4, -0.2) is 41.1 Å². The minimum atomic E-state index is -1.32. The maximum absolute atomic E-state index is 15.1. The Morgan fingerprint density at radius 3 is 2.14 bits per heavy atom. The third-order valence-electron chi connectivity index (χ3n) is 7.03. The quantitative estimate of drug-likeness (QED) is 0.312. The van der Waals surface area contributed by atoms with Crippen LogP contribution in [-0.2, 0) is 17.9 Å². The van der Waals surface area contributed by atoms with Crippen LogP contribution in [0.4, 0.5) is 32.4 Å². The highest BCUT2D eigenvalue weighted by atomic mass is 19.2. The second-order valence-electron chi connectivity index (χ2n) is 9.68. The Bertz CT molecular complexity index is 1520. The Hall–Kier alpha value is -4.68. The summed E-state index contributed by atoms with van der Waals surface area (Å²) in [5.74, 6) is -8.06. The van der Waals surface area contributed by atoms with E-state index in [4.69, 9.17) is 9.84 Å². The van der Waals surface area contributed by atoms with E-state index in [9.17, 15) is 27.6 Å². The van der Waals surface area contributed by atoms with Crippen LogP contribution in [0.25, 0.3) is 0 Å². The first-order chi connectivity index (χ1) is 19.8. The highest BCUT2D eigenvalue weighted by molar-refractivity contribution is 5.99. The molecule has 0 saturated heterocycles. The Morgan fingerprint density at radius 2 is 1.57 bits per heavy atom. The molecule has 0 bridgehead atoms. The van der Waals surface area contributed by atoms with Crippen LogP contribution < -0.4 is 15.0 Å². The molecule has 0 saturated carbocycles. The number of anilines is 1. The summed E-state index contributed by atoms with van der Waals surface area (Å²) in [6, 6.07) is 5.79. The molecule has 42 heavy (non-hydrogen) atoms. The number of hydrogen-bond acceptors (Lipinski definition) is 4. The third kappa shape index (κ3) is 5.99. The molecular weight excluding hydrogens is 565 g/mol. The summed E-state index contributed by atoms with van der Waals surface area (Å²) in [5.41, 5.74) is -0.354. The number of carbonyl (C=O) groups excluding carboxylic acids is 2. The molecular formula is C29H26F5N3O5. The number of aliphatic carboxylic acids is 1. The van der Waals surface area contributed by atoms with E-state index < -0.39 is 83.4 Å². The van der Waals surface area contributed by atoms with E-state index >= 15 is 8.78 Å². The molecule has 1 aliphatic heterocycles. The summed E-state index contributed by atoms with van der Waals surface area (Å²) >= 11 is 0. The molecule has 1 unspecified atom stereocenters. The maximum Gasteiger partial charge on any atom is 0.344 e. The smallest absolute Gasteiger partial charge is 0.344 e. The second-order valence-corrected chi connectivity index (χ2v) is 9.68. The minimum Gasteiger partial charge on any atom is -0.479 e. The van der Waals surface area contributed by atoms with E-state index in [2.05, 4.69) is 5.32 Å². The Kier molecular flexibility index (Phi) is 8.69.